The average Bonchev–Trinajstić information content (AvgIpc) is 2.83. The Bertz CT molecular complexity index is 1010. The van der Waals surface area contributed by atoms with Crippen LogP contribution >= 0.6 is 0 Å². The summed E-state index contributed by atoms with van der Waals surface area (Å²) in [7, 11) is 0. The summed E-state index contributed by atoms with van der Waals surface area (Å²) in [5.41, 5.74) is 12.5. The van der Waals surface area contributed by atoms with Gasteiger partial charge in [0, 0.05) is 22.1 Å². The third-order valence-corrected chi connectivity index (χ3v) is 5.39. The fourth-order valence-corrected chi connectivity index (χ4v) is 4.01. The van der Waals surface area contributed by atoms with Gasteiger partial charge in [-0.25, -0.2) is 0 Å². The van der Waals surface area contributed by atoms with E-state index < -0.39 is 11.6 Å². The molecule has 0 spiro atoms. The Morgan fingerprint density at radius 2 is 1.94 bits per heavy atom. The van der Waals surface area contributed by atoms with Crippen molar-refractivity contribution in [1.82, 2.24) is 5.32 Å². The highest BCUT2D eigenvalue weighted by atomic mass is 16.2. The lowest BCUT2D eigenvalue weighted by Crippen LogP contribution is -2.49. The summed E-state index contributed by atoms with van der Waals surface area (Å²) in [6.07, 6.45) is 1.15. The summed E-state index contributed by atoms with van der Waals surface area (Å²) in [4.78, 5) is 30.6. The summed E-state index contributed by atoms with van der Waals surface area (Å²) in [6, 6.07) is 15.1. The number of benzene rings is 2. The molecule has 0 bridgehead atoms. The molecule has 0 saturated heterocycles. The van der Waals surface area contributed by atoms with E-state index in [4.69, 9.17) is 5.53 Å². The molecule has 3 rings (SSSR count). The van der Waals surface area contributed by atoms with Crippen LogP contribution in [0.3, 0.4) is 0 Å². The van der Waals surface area contributed by atoms with Crippen molar-refractivity contribution < 1.29 is 9.59 Å². The SMILES string of the molecule is CCc1ccc2c(c1)N(CC(=O)NC(C)(C)C)C(=O)[C@H](N=[N+]=[N-])C[C@@H]2c1ccccc1. The van der Waals surface area contributed by atoms with Crippen LogP contribution in [-0.4, -0.2) is 29.9 Å². The Labute approximate surface area is 183 Å². The van der Waals surface area contributed by atoms with Gasteiger partial charge >= 0.3 is 0 Å². The van der Waals surface area contributed by atoms with Crippen molar-refractivity contribution in [3.63, 3.8) is 0 Å². The number of hydrogen-bond acceptors (Lipinski definition) is 3. The van der Waals surface area contributed by atoms with E-state index in [1.165, 1.54) is 4.90 Å². The Morgan fingerprint density at radius 1 is 1.23 bits per heavy atom. The monoisotopic (exact) mass is 419 g/mol. The normalized spacial score (nSPS) is 18.6. The Balaban J connectivity index is 2.14. The highest BCUT2D eigenvalue weighted by Gasteiger charge is 2.36. The first-order valence-electron chi connectivity index (χ1n) is 10.6. The first-order valence-corrected chi connectivity index (χ1v) is 10.6. The van der Waals surface area contributed by atoms with E-state index in [1.54, 1.807) is 0 Å². The smallest absolute Gasteiger partial charge is 0.240 e. The summed E-state index contributed by atoms with van der Waals surface area (Å²) in [5, 5.41) is 6.74. The minimum atomic E-state index is -0.893. The molecular weight excluding hydrogens is 390 g/mol. The van der Waals surface area contributed by atoms with E-state index in [-0.39, 0.29) is 24.3 Å². The molecule has 0 unspecified atom stereocenters. The number of azide groups is 1. The molecule has 31 heavy (non-hydrogen) atoms. The van der Waals surface area contributed by atoms with Crippen molar-refractivity contribution in [3.05, 3.63) is 75.7 Å². The second kappa shape index (κ2) is 9.23. The number of carbonyl (C=O) groups is 2. The molecule has 1 aliphatic rings. The maximum absolute atomic E-state index is 13.5. The summed E-state index contributed by atoms with van der Waals surface area (Å²) >= 11 is 0. The van der Waals surface area contributed by atoms with Crippen LogP contribution in [0.4, 0.5) is 5.69 Å². The fraction of sp³-hybridized carbons (Fsp3) is 0.417. The molecule has 2 aromatic carbocycles. The van der Waals surface area contributed by atoms with Gasteiger partial charge in [-0.05, 0) is 61.9 Å². The lowest BCUT2D eigenvalue weighted by atomic mass is 9.85. The first kappa shape index (κ1) is 22.4. The number of anilines is 1. The predicted molar refractivity (Wildman–Crippen MR) is 122 cm³/mol. The van der Waals surface area contributed by atoms with Crippen molar-refractivity contribution in [1.29, 1.82) is 0 Å². The van der Waals surface area contributed by atoms with Crippen molar-refractivity contribution in [2.24, 2.45) is 5.11 Å². The maximum atomic E-state index is 13.5. The number of rotatable bonds is 5. The van der Waals surface area contributed by atoms with Crippen LogP contribution in [-0.2, 0) is 16.0 Å². The minimum Gasteiger partial charge on any atom is -0.350 e. The van der Waals surface area contributed by atoms with Crippen LogP contribution < -0.4 is 10.2 Å². The zero-order chi connectivity index (χ0) is 22.6. The fourth-order valence-electron chi connectivity index (χ4n) is 4.01. The van der Waals surface area contributed by atoms with Gasteiger partial charge in [0.2, 0.25) is 11.8 Å². The van der Waals surface area contributed by atoms with E-state index in [9.17, 15) is 9.59 Å². The van der Waals surface area contributed by atoms with Gasteiger partial charge in [0.1, 0.15) is 12.6 Å². The third-order valence-electron chi connectivity index (χ3n) is 5.39. The van der Waals surface area contributed by atoms with Gasteiger partial charge in [-0.3, -0.25) is 9.59 Å². The number of carbonyl (C=O) groups excluding carboxylic acids is 2. The number of nitrogens with one attached hydrogen (secondary N) is 1. The molecule has 7 heteroatoms. The van der Waals surface area contributed by atoms with Gasteiger partial charge in [-0.1, -0.05) is 54.5 Å². The molecule has 162 valence electrons. The number of hydrogen-bond donors (Lipinski definition) is 1. The van der Waals surface area contributed by atoms with Gasteiger partial charge in [-0.15, -0.1) is 0 Å². The van der Waals surface area contributed by atoms with E-state index >= 15 is 0 Å². The molecule has 0 saturated carbocycles. The molecule has 1 N–H and O–H groups in total. The average molecular weight is 420 g/mol. The highest BCUT2D eigenvalue weighted by Crippen LogP contribution is 2.40. The largest absolute Gasteiger partial charge is 0.350 e. The van der Waals surface area contributed by atoms with Crippen LogP contribution in [0.15, 0.2) is 53.6 Å². The zero-order valence-corrected chi connectivity index (χ0v) is 18.5. The van der Waals surface area contributed by atoms with Crippen LogP contribution in [0.1, 0.15) is 56.7 Å². The number of aryl methyl sites for hydroxylation is 1. The molecule has 0 fully saturated rings. The predicted octanol–water partition coefficient (Wildman–Crippen LogP) is 4.71. The molecule has 0 aromatic heterocycles. The van der Waals surface area contributed by atoms with Crippen LogP contribution in [0.2, 0.25) is 0 Å². The molecule has 0 aliphatic carbocycles. The molecule has 1 heterocycles. The van der Waals surface area contributed by atoms with Crippen molar-refractivity contribution >= 4 is 17.5 Å². The Morgan fingerprint density at radius 3 is 2.55 bits per heavy atom. The standard InChI is InChI=1S/C24H29N5O2/c1-5-16-11-12-18-19(17-9-7-6-8-10-17)14-20(27-28-25)23(31)29(21(18)13-16)15-22(30)26-24(2,3)4/h6-13,19-20H,5,14-15H2,1-4H3,(H,26,30)/t19-,20-/m1/s1. The van der Waals surface area contributed by atoms with Gasteiger partial charge in [-0.2, -0.15) is 0 Å². The van der Waals surface area contributed by atoms with Crippen LogP contribution in [0.5, 0.6) is 0 Å². The van der Waals surface area contributed by atoms with Crippen LogP contribution in [0.25, 0.3) is 10.4 Å². The molecule has 2 amide bonds. The quantitative estimate of drug-likeness (QED) is 0.431. The van der Waals surface area contributed by atoms with Crippen molar-refractivity contribution in [3.8, 4) is 0 Å². The lowest BCUT2D eigenvalue weighted by molar-refractivity contribution is -0.125. The second-order valence-corrected chi connectivity index (χ2v) is 8.89. The van der Waals surface area contributed by atoms with Crippen LogP contribution in [0, 0.1) is 0 Å². The summed E-state index contributed by atoms with van der Waals surface area (Å²) in [6.45, 7) is 7.61. The highest BCUT2D eigenvalue weighted by molar-refractivity contribution is 6.03. The summed E-state index contributed by atoms with van der Waals surface area (Å²) in [5.74, 6) is -0.737. The number of amides is 2. The van der Waals surface area contributed by atoms with Gasteiger partial charge in [0.25, 0.3) is 0 Å². The Kier molecular flexibility index (Phi) is 6.66. The van der Waals surface area contributed by atoms with E-state index in [1.807, 2.05) is 70.2 Å². The molecule has 2 aromatic rings. The molecule has 0 radical (unpaired) electrons. The van der Waals surface area contributed by atoms with Gasteiger partial charge in [0.15, 0.2) is 0 Å². The van der Waals surface area contributed by atoms with Gasteiger partial charge < -0.3 is 10.2 Å². The Hall–Kier alpha value is -3.31. The van der Waals surface area contributed by atoms with Crippen molar-refractivity contribution in [2.45, 2.75) is 58.0 Å². The number of fused-ring (bicyclic) bond motifs is 1. The van der Waals surface area contributed by atoms with E-state index in [0.717, 1.165) is 23.1 Å². The first-order chi connectivity index (χ1) is 14.7. The van der Waals surface area contributed by atoms with Gasteiger partial charge in [0.05, 0.1) is 0 Å². The topological polar surface area (TPSA) is 98.2 Å². The molecular formula is C24H29N5O2. The van der Waals surface area contributed by atoms with E-state index in [2.05, 4.69) is 21.4 Å². The number of nitrogens with zero attached hydrogens (tertiary/aromatic N) is 4. The second-order valence-electron chi connectivity index (χ2n) is 8.89. The molecule has 1 aliphatic heterocycles. The van der Waals surface area contributed by atoms with E-state index in [0.29, 0.717) is 12.1 Å². The zero-order valence-electron chi connectivity index (χ0n) is 18.5. The van der Waals surface area contributed by atoms with Crippen molar-refractivity contribution in [2.75, 3.05) is 11.4 Å². The third kappa shape index (κ3) is 5.25. The lowest BCUT2D eigenvalue weighted by Gasteiger charge is -2.27. The minimum absolute atomic E-state index is 0.128. The maximum Gasteiger partial charge on any atom is 0.240 e. The molecule has 7 nitrogen and oxygen atoms in total. The molecule has 2 atom stereocenters. The summed E-state index contributed by atoms with van der Waals surface area (Å²) < 4.78 is 0.